The second kappa shape index (κ2) is 6.49. The number of carboxylic acids is 1. The van der Waals surface area contributed by atoms with Crippen molar-refractivity contribution in [2.45, 2.75) is 13.0 Å². The number of hydrogen-bond donors (Lipinski definition) is 1. The summed E-state index contributed by atoms with van der Waals surface area (Å²) >= 11 is 0. The topological polar surface area (TPSA) is 53.7 Å². The van der Waals surface area contributed by atoms with Gasteiger partial charge in [0.1, 0.15) is 23.2 Å². The summed E-state index contributed by atoms with van der Waals surface area (Å²) in [5.41, 5.74) is -0.197. The first-order valence-electron chi connectivity index (χ1n) is 6.41. The third kappa shape index (κ3) is 3.88. The number of hydrogen-bond acceptors (Lipinski definition) is 3. The van der Waals surface area contributed by atoms with E-state index in [2.05, 4.69) is 0 Å². The fourth-order valence-corrected chi connectivity index (χ4v) is 1.96. The zero-order chi connectivity index (χ0) is 15.4. The highest BCUT2D eigenvalue weighted by molar-refractivity contribution is 5.66. The Morgan fingerprint density at radius 2 is 1.90 bits per heavy atom. The van der Waals surface area contributed by atoms with Crippen molar-refractivity contribution in [3.05, 3.63) is 47.7 Å². The van der Waals surface area contributed by atoms with Gasteiger partial charge in [0.25, 0.3) is 0 Å². The van der Waals surface area contributed by atoms with Crippen LogP contribution < -0.4 is 0 Å². The number of carboxylic acid groups (broad SMARTS) is 1. The van der Waals surface area contributed by atoms with E-state index in [1.165, 1.54) is 24.3 Å². The second-order valence-electron chi connectivity index (χ2n) is 4.74. The Balaban J connectivity index is 2.10. The van der Waals surface area contributed by atoms with E-state index in [-0.39, 0.29) is 17.7 Å². The summed E-state index contributed by atoms with van der Waals surface area (Å²) in [5, 5.41) is 8.61. The molecule has 0 unspecified atom stereocenters. The summed E-state index contributed by atoms with van der Waals surface area (Å²) in [6, 6.07) is 6.75. The molecule has 0 saturated carbocycles. The van der Waals surface area contributed by atoms with Gasteiger partial charge in [0.2, 0.25) is 0 Å². The Morgan fingerprint density at radius 3 is 2.52 bits per heavy atom. The number of furan rings is 1. The first-order valence-corrected chi connectivity index (χ1v) is 6.41. The zero-order valence-electron chi connectivity index (χ0n) is 11.5. The molecule has 0 fully saturated rings. The maximum Gasteiger partial charge on any atom is 0.304 e. The number of rotatable bonds is 6. The van der Waals surface area contributed by atoms with Gasteiger partial charge in [-0.1, -0.05) is 6.07 Å². The van der Waals surface area contributed by atoms with Gasteiger partial charge in [-0.25, -0.2) is 8.78 Å². The van der Waals surface area contributed by atoms with Crippen LogP contribution in [0.1, 0.15) is 12.2 Å². The summed E-state index contributed by atoms with van der Waals surface area (Å²) < 4.78 is 32.7. The number of halogens is 2. The summed E-state index contributed by atoms with van der Waals surface area (Å²) in [6.45, 7) is 0.725. The van der Waals surface area contributed by atoms with Gasteiger partial charge in [-0.2, -0.15) is 0 Å². The quantitative estimate of drug-likeness (QED) is 0.889. The minimum Gasteiger partial charge on any atom is -0.481 e. The molecule has 4 nitrogen and oxygen atoms in total. The Bertz CT molecular complexity index is 619. The van der Waals surface area contributed by atoms with Crippen molar-refractivity contribution < 1.29 is 23.1 Å². The third-order valence-corrected chi connectivity index (χ3v) is 3.00. The molecular weight excluding hydrogens is 280 g/mol. The van der Waals surface area contributed by atoms with Gasteiger partial charge in [0, 0.05) is 6.54 Å². The fraction of sp³-hybridized carbons (Fsp3) is 0.267. The molecule has 0 spiro atoms. The molecule has 21 heavy (non-hydrogen) atoms. The van der Waals surface area contributed by atoms with Crippen molar-refractivity contribution in [1.29, 1.82) is 0 Å². The van der Waals surface area contributed by atoms with E-state index in [9.17, 15) is 13.6 Å². The van der Waals surface area contributed by atoms with E-state index in [4.69, 9.17) is 9.52 Å². The van der Waals surface area contributed by atoms with Crippen LogP contribution in [-0.2, 0) is 11.3 Å². The van der Waals surface area contributed by atoms with Crippen molar-refractivity contribution in [1.82, 2.24) is 4.90 Å². The molecule has 1 N–H and O–H groups in total. The van der Waals surface area contributed by atoms with Crippen molar-refractivity contribution in [2.75, 3.05) is 13.6 Å². The van der Waals surface area contributed by atoms with Gasteiger partial charge < -0.3 is 9.52 Å². The lowest BCUT2D eigenvalue weighted by molar-refractivity contribution is -0.137. The first kappa shape index (κ1) is 15.2. The number of nitrogens with zero attached hydrogens (tertiary/aromatic N) is 1. The van der Waals surface area contributed by atoms with Crippen LogP contribution in [0.2, 0.25) is 0 Å². The summed E-state index contributed by atoms with van der Waals surface area (Å²) in [6.07, 6.45) is 0.0198. The van der Waals surface area contributed by atoms with E-state index < -0.39 is 17.6 Å². The number of carbonyl (C=O) groups is 1. The van der Waals surface area contributed by atoms with E-state index in [0.29, 0.717) is 18.8 Å². The SMILES string of the molecule is CN(CCC(=O)O)Cc1ccc(-c2c(F)cccc2F)o1. The predicted molar refractivity (Wildman–Crippen MR) is 72.6 cm³/mol. The van der Waals surface area contributed by atoms with Crippen molar-refractivity contribution in [3.8, 4) is 11.3 Å². The van der Waals surface area contributed by atoms with Crippen molar-refractivity contribution in [3.63, 3.8) is 0 Å². The highest BCUT2D eigenvalue weighted by Gasteiger charge is 2.15. The fourth-order valence-electron chi connectivity index (χ4n) is 1.96. The minimum absolute atomic E-state index is 0.0198. The lowest BCUT2D eigenvalue weighted by Crippen LogP contribution is -2.20. The Morgan fingerprint density at radius 1 is 1.24 bits per heavy atom. The molecule has 0 saturated heterocycles. The van der Waals surface area contributed by atoms with Gasteiger partial charge in [-0.3, -0.25) is 9.69 Å². The van der Waals surface area contributed by atoms with Crippen LogP contribution >= 0.6 is 0 Å². The zero-order valence-corrected chi connectivity index (χ0v) is 11.5. The molecule has 0 radical (unpaired) electrons. The highest BCUT2D eigenvalue weighted by atomic mass is 19.1. The van der Waals surface area contributed by atoms with E-state index in [1.807, 2.05) is 0 Å². The highest BCUT2D eigenvalue weighted by Crippen LogP contribution is 2.28. The normalized spacial score (nSPS) is 11.0. The number of aliphatic carboxylic acids is 1. The largest absolute Gasteiger partial charge is 0.481 e. The Hall–Kier alpha value is -2.21. The van der Waals surface area contributed by atoms with Gasteiger partial charge >= 0.3 is 5.97 Å². The summed E-state index contributed by atoms with van der Waals surface area (Å²) in [4.78, 5) is 12.2. The van der Waals surface area contributed by atoms with Crippen LogP contribution in [0.15, 0.2) is 34.7 Å². The molecular formula is C15H15F2NO3. The lowest BCUT2D eigenvalue weighted by Gasteiger charge is -2.13. The smallest absolute Gasteiger partial charge is 0.304 e. The molecule has 2 rings (SSSR count). The second-order valence-corrected chi connectivity index (χ2v) is 4.74. The number of benzene rings is 1. The minimum atomic E-state index is -0.879. The molecule has 0 aliphatic rings. The first-order chi connectivity index (χ1) is 9.97. The molecule has 0 aliphatic heterocycles. The standard InChI is InChI=1S/C15H15F2NO3/c1-18(8-7-14(19)20)9-10-5-6-13(21-10)15-11(16)3-2-4-12(15)17/h2-6H,7-9H2,1H3,(H,19,20). The third-order valence-electron chi connectivity index (χ3n) is 3.00. The monoisotopic (exact) mass is 295 g/mol. The van der Waals surface area contributed by atoms with Gasteiger partial charge in [-0.05, 0) is 31.3 Å². The average Bonchev–Trinajstić information content (AvgIpc) is 2.84. The van der Waals surface area contributed by atoms with E-state index >= 15 is 0 Å². The lowest BCUT2D eigenvalue weighted by atomic mass is 10.1. The molecule has 1 aromatic heterocycles. The van der Waals surface area contributed by atoms with Crippen LogP contribution in [0.3, 0.4) is 0 Å². The molecule has 6 heteroatoms. The van der Waals surface area contributed by atoms with E-state index in [1.54, 1.807) is 18.0 Å². The van der Waals surface area contributed by atoms with Crippen LogP contribution in [0.5, 0.6) is 0 Å². The van der Waals surface area contributed by atoms with Crippen LogP contribution in [0.4, 0.5) is 8.78 Å². The van der Waals surface area contributed by atoms with Crippen molar-refractivity contribution in [2.24, 2.45) is 0 Å². The van der Waals surface area contributed by atoms with Gasteiger partial charge in [-0.15, -0.1) is 0 Å². The predicted octanol–water partition coefficient (Wildman–Crippen LogP) is 3.13. The summed E-state index contributed by atoms with van der Waals surface area (Å²) in [7, 11) is 1.74. The van der Waals surface area contributed by atoms with Gasteiger partial charge in [0.05, 0.1) is 18.5 Å². The molecule has 1 aromatic carbocycles. The molecule has 0 bridgehead atoms. The van der Waals surface area contributed by atoms with Crippen LogP contribution in [0.25, 0.3) is 11.3 Å². The molecule has 0 amide bonds. The van der Waals surface area contributed by atoms with Crippen LogP contribution in [-0.4, -0.2) is 29.6 Å². The van der Waals surface area contributed by atoms with Crippen molar-refractivity contribution >= 4 is 5.97 Å². The van der Waals surface area contributed by atoms with E-state index in [0.717, 1.165) is 0 Å². The van der Waals surface area contributed by atoms with Crippen LogP contribution in [0, 0.1) is 11.6 Å². The maximum atomic E-state index is 13.6. The maximum absolute atomic E-state index is 13.6. The summed E-state index contributed by atoms with van der Waals surface area (Å²) in [5.74, 6) is -1.62. The molecule has 2 aromatic rings. The molecule has 1 heterocycles. The molecule has 0 atom stereocenters. The van der Waals surface area contributed by atoms with Gasteiger partial charge in [0.15, 0.2) is 0 Å². The molecule has 0 aliphatic carbocycles. The Kier molecular flexibility index (Phi) is 4.70. The average molecular weight is 295 g/mol. The Labute approximate surface area is 120 Å². The molecule has 112 valence electrons.